The molecule has 0 aliphatic carbocycles. The van der Waals surface area contributed by atoms with E-state index in [1.165, 1.54) is 0 Å². The van der Waals surface area contributed by atoms with E-state index in [1.54, 1.807) is 0 Å². The molecule has 15 heavy (non-hydrogen) atoms. The maximum Gasteiger partial charge on any atom is 0.0690 e. The van der Waals surface area contributed by atoms with Crippen molar-refractivity contribution in [2.24, 2.45) is 0 Å². The van der Waals surface area contributed by atoms with Gasteiger partial charge in [0.15, 0.2) is 0 Å². The molecule has 1 rings (SSSR count). The first-order chi connectivity index (χ1) is 7.10. The molecule has 0 aromatic rings. The summed E-state index contributed by atoms with van der Waals surface area (Å²) >= 11 is 0. The fourth-order valence-corrected chi connectivity index (χ4v) is 2.28. The van der Waals surface area contributed by atoms with E-state index in [-0.39, 0.29) is 12.1 Å². The molecule has 1 aliphatic rings. The average Bonchev–Trinajstić information content (AvgIpc) is 2.27. The quantitative estimate of drug-likeness (QED) is 0.774. The Kier molecular flexibility index (Phi) is 5.03. The summed E-state index contributed by atoms with van der Waals surface area (Å²) in [6.45, 7) is 10.2. The van der Waals surface area contributed by atoms with Crippen LogP contribution >= 0.6 is 0 Å². The highest BCUT2D eigenvalue weighted by Crippen LogP contribution is 2.19. The summed E-state index contributed by atoms with van der Waals surface area (Å²) in [5, 5.41) is 9.90. The fraction of sp³-hybridized carbons (Fsp3) is 1.00. The molecule has 1 N–H and O–H groups in total. The van der Waals surface area contributed by atoms with Crippen LogP contribution < -0.4 is 0 Å². The Morgan fingerprint density at radius 2 is 2.13 bits per heavy atom. The minimum atomic E-state index is -0.218. The number of ether oxygens (including phenoxy) is 1. The molecule has 0 bridgehead atoms. The first kappa shape index (κ1) is 12.9. The summed E-state index contributed by atoms with van der Waals surface area (Å²) in [5.74, 6) is 0. The molecule has 1 aliphatic heterocycles. The minimum absolute atomic E-state index is 0.218. The van der Waals surface area contributed by atoms with Gasteiger partial charge in [-0.15, -0.1) is 0 Å². The zero-order valence-corrected chi connectivity index (χ0v) is 10.4. The van der Waals surface area contributed by atoms with E-state index >= 15 is 0 Å². The number of aliphatic hydroxyl groups excluding tert-OH is 1. The Labute approximate surface area is 93.4 Å². The van der Waals surface area contributed by atoms with Gasteiger partial charge in [0, 0.05) is 18.6 Å². The van der Waals surface area contributed by atoms with Gasteiger partial charge in [-0.1, -0.05) is 13.8 Å². The summed E-state index contributed by atoms with van der Waals surface area (Å²) < 4.78 is 5.65. The zero-order valence-electron chi connectivity index (χ0n) is 10.4. The summed E-state index contributed by atoms with van der Waals surface area (Å²) in [4.78, 5) is 2.41. The predicted octanol–water partition coefficient (Wildman–Crippen LogP) is 1.65. The van der Waals surface area contributed by atoms with Crippen LogP contribution in [0.1, 0.15) is 40.5 Å². The van der Waals surface area contributed by atoms with Gasteiger partial charge >= 0.3 is 0 Å². The third-order valence-corrected chi connectivity index (χ3v) is 3.48. The Morgan fingerprint density at radius 3 is 2.67 bits per heavy atom. The van der Waals surface area contributed by atoms with E-state index in [0.717, 1.165) is 26.0 Å². The van der Waals surface area contributed by atoms with Gasteiger partial charge in [-0.25, -0.2) is 0 Å². The molecule has 4 unspecified atom stereocenters. The van der Waals surface area contributed by atoms with Crippen molar-refractivity contribution < 1.29 is 9.84 Å². The van der Waals surface area contributed by atoms with Crippen LogP contribution in [0.15, 0.2) is 0 Å². The highest BCUT2D eigenvalue weighted by molar-refractivity contribution is 4.84. The van der Waals surface area contributed by atoms with Crippen LogP contribution in [-0.2, 0) is 4.74 Å². The Morgan fingerprint density at radius 1 is 1.47 bits per heavy atom. The molecule has 3 nitrogen and oxygen atoms in total. The second kappa shape index (κ2) is 5.83. The lowest BCUT2D eigenvalue weighted by Crippen LogP contribution is -2.55. The number of morpholine rings is 1. The van der Waals surface area contributed by atoms with Crippen LogP contribution in [0.4, 0.5) is 0 Å². The Hall–Kier alpha value is -0.120. The van der Waals surface area contributed by atoms with Gasteiger partial charge in [0.1, 0.15) is 0 Å². The van der Waals surface area contributed by atoms with Gasteiger partial charge in [0.2, 0.25) is 0 Å². The summed E-state index contributed by atoms with van der Waals surface area (Å²) in [5.41, 5.74) is 0. The maximum absolute atomic E-state index is 9.90. The zero-order chi connectivity index (χ0) is 11.4. The van der Waals surface area contributed by atoms with Crippen molar-refractivity contribution in [1.29, 1.82) is 0 Å². The third-order valence-electron chi connectivity index (χ3n) is 3.48. The highest BCUT2D eigenvalue weighted by atomic mass is 16.5. The summed E-state index contributed by atoms with van der Waals surface area (Å²) in [7, 11) is 0. The monoisotopic (exact) mass is 215 g/mol. The van der Waals surface area contributed by atoms with E-state index in [0.29, 0.717) is 12.1 Å². The molecule has 3 heteroatoms. The van der Waals surface area contributed by atoms with Crippen molar-refractivity contribution in [3.8, 4) is 0 Å². The van der Waals surface area contributed by atoms with Gasteiger partial charge in [0.25, 0.3) is 0 Å². The van der Waals surface area contributed by atoms with Gasteiger partial charge in [-0.2, -0.15) is 0 Å². The van der Waals surface area contributed by atoms with Gasteiger partial charge in [-0.3, -0.25) is 4.90 Å². The summed E-state index contributed by atoms with van der Waals surface area (Å²) in [6, 6.07) is 0.712. The SMILES string of the molecule is CCC(O)C(C)N1CC(C)OCC1CC. The van der Waals surface area contributed by atoms with Crippen molar-refractivity contribution >= 4 is 0 Å². The molecule has 0 radical (unpaired) electrons. The molecular weight excluding hydrogens is 190 g/mol. The lowest BCUT2D eigenvalue weighted by molar-refractivity contribution is -0.0891. The molecule has 0 amide bonds. The number of rotatable bonds is 4. The molecule has 1 heterocycles. The van der Waals surface area contributed by atoms with Crippen LogP contribution in [-0.4, -0.2) is 47.4 Å². The topological polar surface area (TPSA) is 32.7 Å². The van der Waals surface area contributed by atoms with Crippen LogP contribution in [0, 0.1) is 0 Å². The van der Waals surface area contributed by atoms with Crippen molar-refractivity contribution in [3.63, 3.8) is 0 Å². The minimum Gasteiger partial charge on any atom is -0.392 e. The number of hydrogen-bond donors (Lipinski definition) is 1. The lowest BCUT2D eigenvalue weighted by atomic mass is 10.0. The van der Waals surface area contributed by atoms with Gasteiger partial charge in [0.05, 0.1) is 18.8 Å². The normalized spacial score (nSPS) is 32.6. The van der Waals surface area contributed by atoms with Crippen molar-refractivity contribution in [2.75, 3.05) is 13.2 Å². The molecule has 0 aromatic carbocycles. The fourth-order valence-electron chi connectivity index (χ4n) is 2.28. The number of hydrogen-bond acceptors (Lipinski definition) is 3. The lowest BCUT2D eigenvalue weighted by Gasteiger charge is -2.43. The van der Waals surface area contributed by atoms with Crippen LogP contribution in [0.3, 0.4) is 0 Å². The number of aliphatic hydroxyl groups is 1. The van der Waals surface area contributed by atoms with Crippen molar-refractivity contribution in [3.05, 3.63) is 0 Å². The predicted molar refractivity (Wildman–Crippen MR) is 62.0 cm³/mol. The standard InChI is InChI=1S/C12H25NO2/c1-5-11-8-15-9(3)7-13(11)10(4)12(14)6-2/h9-12,14H,5-8H2,1-4H3. The largest absolute Gasteiger partial charge is 0.392 e. The Balaban J connectivity index is 2.61. The van der Waals surface area contributed by atoms with Crippen LogP contribution in [0.5, 0.6) is 0 Å². The second-order valence-corrected chi connectivity index (χ2v) is 4.62. The van der Waals surface area contributed by atoms with Crippen LogP contribution in [0.2, 0.25) is 0 Å². The molecule has 0 spiro atoms. The van der Waals surface area contributed by atoms with E-state index in [2.05, 4.69) is 25.7 Å². The molecule has 90 valence electrons. The van der Waals surface area contributed by atoms with Gasteiger partial charge < -0.3 is 9.84 Å². The van der Waals surface area contributed by atoms with Gasteiger partial charge in [-0.05, 0) is 26.7 Å². The summed E-state index contributed by atoms with van der Waals surface area (Å²) in [6.07, 6.45) is 1.99. The van der Waals surface area contributed by atoms with Crippen LogP contribution in [0.25, 0.3) is 0 Å². The highest BCUT2D eigenvalue weighted by Gasteiger charge is 2.31. The van der Waals surface area contributed by atoms with Crippen molar-refractivity contribution in [2.45, 2.75) is 64.8 Å². The van der Waals surface area contributed by atoms with E-state index in [4.69, 9.17) is 4.74 Å². The smallest absolute Gasteiger partial charge is 0.0690 e. The van der Waals surface area contributed by atoms with E-state index < -0.39 is 0 Å². The maximum atomic E-state index is 9.90. The molecule has 0 aromatic heterocycles. The average molecular weight is 215 g/mol. The van der Waals surface area contributed by atoms with E-state index in [9.17, 15) is 5.11 Å². The molecule has 4 atom stereocenters. The first-order valence-electron chi connectivity index (χ1n) is 6.15. The first-order valence-corrected chi connectivity index (χ1v) is 6.15. The number of nitrogens with zero attached hydrogens (tertiary/aromatic N) is 1. The molecule has 1 saturated heterocycles. The van der Waals surface area contributed by atoms with Crippen molar-refractivity contribution in [1.82, 2.24) is 4.90 Å². The molecule has 1 fully saturated rings. The third kappa shape index (κ3) is 3.16. The second-order valence-electron chi connectivity index (χ2n) is 4.62. The Bertz CT molecular complexity index is 186. The molecule has 0 saturated carbocycles. The van der Waals surface area contributed by atoms with E-state index in [1.807, 2.05) is 6.92 Å². The molecular formula is C12H25NO2.